The number of fused-ring (bicyclic) bond motifs is 1. The molecular formula is C29H34FN3O4. The molecule has 1 aromatic carbocycles. The van der Waals surface area contributed by atoms with Crippen LogP contribution >= 0.6 is 0 Å². The van der Waals surface area contributed by atoms with Gasteiger partial charge in [0.2, 0.25) is 0 Å². The van der Waals surface area contributed by atoms with Crippen LogP contribution in [-0.4, -0.2) is 48.3 Å². The van der Waals surface area contributed by atoms with Gasteiger partial charge in [-0.05, 0) is 64.2 Å². The van der Waals surface area contributed by atoms with Crippen molar-refractivity contribution in [3.8, 4) is 11.1 Å². The summed E-state index contributed by atoms with van der Waals surface area (Å²) in [5.74, 6) is -0.793. The topological polar surface area (TPSA) is 108 Å². The Morgan fingerprint density at radius 3 is 2.30 bits per heavy atom. The third kappa shape index (κ3) is 5.45. The SMILES string of the molecule is CC(C)(C)n1nc(C2CC2)c2c(-c3ccc(F)cc3)c(/C=C/C(O)CC(O)CC(=O)O)c(C3CC3)nc21. The van der Waals surface area contributed by atoms with Crippen molar-refractivity contribution in [2.45, 2.75) is 88.9 Å². The van der Waals surface area contributed by atoms with E-state index in [0.717, 1.165) is 64.8 Å². The fraction of sp³-hybridized carbons (Fsp3) is 0.483. The number of hydrogen-bond donors (Lipinski definition) is 3. The van der Waals surface area contributed by atoms with Gasteiger partial charge in [0.25, 0.3) is 0 Å². The largest absolute Gasteiger partial charge is 0.481 e. The molecule has 8 heteroatoms. The smallest absolute Gasteiger partial charge is 0.305 e. The lowest BCUT2D eigenvalue weighted by Gasteiger charge is -2.21. The number of aliphatic hydroxyl groups is 2. The van der Waals surface area contributed by atoms with Gasteiger partial charge in [-0.1, -0.05) is 24.3 Å². The summed E-state index contributed by atoms with van der Waals surface area (Å²) in [7, 11) is 0. The van der Waals surface area contributed by atoms with Crippen LogP contribution in [0.25, 0.3) is 28.2 Å². The van der Waals surface area contributed by atoms with Crippen LogP contribution in [0.15, 0.2) is 30.3 Å². The second kappa shape index (κ2) is 9.65. The first-order valence-electron chi connectivity index (χ1n) is 13.0. The van der Waals surface area contributed by atoms with Gasteiger partial charge in [0.05, 0.1) is 40.9 Å². The Balaban J connectivity index is 1.72. The molecule has 3 N–H and O–H groups in total. The zero-order chi connectivity index (χ0) is 26.5. The fourth-order valence-electron chi connectivity index (χ4n) is 4.92. The molecule has 196 valence electrons. The van der Waals surface area contributed by atoms with Crippen molar-refractivity contribution in [1.29, 1.82) is 0 Å². The lowest BCUT2D eigenvalue weighted by molar-refractivity contribution is -0.139. The summed E-state index contributed by atoms with van der Waals surface area (Å²) in [6.07, 6.45) is 4.90. The van der Waals surface area contributed by atoms with Gasteiger partial charge in [-0.15, -0.1) is 0 Å². The molecule has 0 bridgehead atoms. The standard InChI is InChI=1S/C29H34FN3O4/c1-29(2,3)33-28-25(27(32-33)18-6-7-18)24(16-8-10-19(30)11-9-16)22(26(31-28)17-4-5-17)13-12-20(34)14-21(35)15-23(36)37/h8-13,17-18,20-21,34-35H,4-7,14-15H2,1-3H3,(H,36,37)/b13-12+. The van der Waals surface area contributed by atoms with Gasteiger partial charge >= 0.3 is 5.97 Å². The van der Waals surface area contributed by atoms with E-state index in [1.807, 2.05) is 10.8 Å². The number of benzene rings is 1. The zero-order valence-corrected chi connectivity index (χ0v) is 21.5. The Kier molecular flexibility index (Phi) is 6.66. The quantitative estimate of drug-likeness (QED) is 0.360. The van der Waals surface area contributed by atoms with Crippen LogP contribution in [0.4, 0.5) is 4.39 Å². The van der Waals surface area contributed by atoms with Crippen LogP contribution in [0.3, 0.4) is 0 Å². The molecule has 2 aliphatic rings. The van der Waals surface area contributed by atoms with Gasteiger partial charge < -0.3 is 15.3 Å². The molecule has 3 aromatic rings. The second-order valence-corrected chi connectivity index (χ2v) is 11.4. The highest BCUT2D eigenvalue weighted by Crippen LogP contribution is 2.50. The molecular weight excluding hydrogens is 473 g/mol. The molecule has 37 heavy (non-hydrogen) atoms. The Labute approximate surface area is 215 Å². The molecule has 2 heterocycles. The van der Waals surface area contributed by atoms with Crippen molar-refractivity contribution in [2.24, 2.45) is 0 Å². The number of nitrogens with zero attached hydrogens (tertiary/aromatic N) is 3. The second-order valence-electron chi connectivity index (χ2n) is 11.4. The van der Waals surface area contributed by atoms with Crippen molar-refractivity contribution in [1.82, 2.24) is 14.8 Å². The predicted octanol–water partition coefficient (Wildman–Crippen LogP) is 5.35. The lowest BCUT2D eigenvalue weighted by Crippen LogP contribution is -2.23. The van der Waals surface area contributed by atoms with Crippen LogP contribution < -0.4 is 0 Å². The monoisotopic (exact) mass is 507 g/mol. The average Bonchev–Trinajstić information content (AvgIpc) is 3.73. The number of halogens is 1. The van der Waals surface area contributed by atoms with Crippen LogP contribution in [0.1, 0.15) is 88.1 Å². The highest BCUT2D eigenvalue weighted by atomic mass is 19.1. The Bertz CT molecular complexity index is 1350. The molecule has 7 nitrogen and oxygen atoms in total. The maximum absolute atomic E-state index is 13.9. The molecule has 2 saturated carbocycles. The van der Waals surface area contributed by atoms with Gasteiger partial charge in [-0.2, -0.15) is 5.10 Å². The number of aliphatic carboxylic acids is 1. The van der Waals surface area contributed by atoms with Crippen molar-refractivity contribution in [3.05, 3.63) is 53.1 Å². The molecule has 0 amide bonds. The maximum Gasteiger partial charge on any atom is 0.305 e. The van der Waals surface area contributed by atoms with Crippen molar-refractivity contribution < 1.29 is 24.5 Å². The lowest BCUT2D eigenvalue weighted by atomic mass is 9.92. The van der Waals surface area contributed by atoms with E-state index in [0.29, 0.717) is 5.92 Å². The highest BCUT2D eigenvalue weighted by Gasteiger charge is 2.36. The van der Waals surface area contributed by atoms with Crippen molar-refractivity contribution >= 4 is 23.1 Å². The van der Waals surface area contributed by atoms with E-state index in [2.05, 4.69) is 20.8 Å². The minimum atomic E-state index is -1.15. The van der Waals surface area contributed by atoms with E-state index in [1.165, 1.54) is 12.1 Å². The van der Waals surface area contributed by atoms with Crippen LogP contribution in [0.5, 0.6) is 0 Å². The molecule has 2 aromatic heterocycles. The molecule has 2 unspecified atom stereocenters. The number of carboxylic acid groups (broad SMARTS) is 1. The summed E-state index contributed by atoms with van der Waals surface area (Å²) in [6, 6.07) is 6.45. The maximum atomic E-state index is 13.9. The highest BCUT2D eigenvalue weighted by molar-refractivity contribution is 6.00. The third-order valence-electron chi connectivity index (χ3n) is 7.02. The fourth-order valence-corrected chi connectivity index (χ4v) is 4.92. The number of aromatic nitrogens is 3. The predicted molar refractivity (Wildman–Crippen MR) is 140 cm³/mol. The number of rotatable bonds is 9. The minimum absolute atomic E-state index is 0.0849. The van der Waals surface area contributed by atoms with E-state index >= 15 is 0 Å². The summed E-state index contributed by atoms with van der Waals surface area (Å²) < 4.78 is 16.0. The normalized spacial score (nSPS) is 18.0. The molecule has 2 aliphatic carbocycles. The summed E-state index contributed by atoms with van der Waals surface area (Å²) in [6.45, 7) is 6.33. The summed E-state index contributed by atoms with van der Waals surface area (Å²) in [4.78, 5) is 16.1. The molecule has 5 rings (SSSR count). The first-order valence-corrected chi connectivity index (χ1v) is 13.0. The summed E-state index contributed by atoms with van der Waals surface area (Å²) in [5.41, 5.74) is 5.12. The van der Waals surface area contributed by atoms with Crippen molar-refractivity contribution in [3.63, 3.8) is 0 Å². The van der Waals surface area contributed by atoms with E-state index in [9.17, 15) is 19.4 Å². The number of carboxylic acids is 1. The molecule has 0 radical (unpaired) electrons. The van der Waals surface area contributed by atoms with Gasteiger partial charge in [0.15, 0.2) is 5.65 Å². The third-order valence-corrected chi connectivity index (χ3v) is 7.02. The molecule has 2 fully saturated rings. The van der Waals surface area contributed by atoms with Crippen LogP contribution in [0.2, 0.25) is 0 Å². The Morgan fingerprint density at radius 2 is 1.73 bits per heavy atom. The van der Waals surface area contributed by atoms with Gasteiger partial charge in [-0.3, -0.25) is 4.79 Å². The van der Waals surface area contributed by atoms with Crippen LogP contribution in [0, 0.1) is 5.82 Å². The van der Waals surface area contributed by atoms with E-state index in [4.69, 9.17) is 15.2 Å². The molecule has 0 spiro atoms. The first-order chi connectivity index (χ1) is 17.5. The minimum Gasteiger partial charge on any atom is -0.481 e. The summed E-state index contributed by atoms with van der Waals surface area (Å²) >= 11 is 0. The Hall–Kier alpha value is -3.10. The molecule has 0 saturated heterocycles. The number of carbonyl (C=O) groups is 1. The zero-order valence-electron chi connectivity index (χ0n) is 21.5. The summed E-state index contributed by atoms with van der Waals surface area (Å²) in [5, 5.41) is 35.5. The molecule has 0 aliphatic heterocycles. The number of pyridine rings is 1. The number of hydrogen-bond acceptors (Lipinski definition) is 5. The Morgan fingerprint density at radius 1 is 1.11 bits per heavy atom. The van der Waals surface area contributed by atoms with E-state index in [-0.39, 0.29) is 23.7 Å². The van der Waals surface area contributed by atoms with Crippen LogP contribution in [-0.2, 0) is 10.3 Å². The molecule has 2 atom stereocenters. The van der Waals surface area contributed by atoms with Gasteiger partial charge in [0.1, 0.15) is 5.82 Å². The van der Waals surface area contributed by atoms with E-state index < -0.39 is 24.6 Å². The van der Waals surface area contributed by atoms with Gasteiger partial charge in [-0.25, -0.2) is 14.1 Å². The van der Waals surface area contributed by atoms with Gasteiger partial charge in [0, 0.05) is 29.4 Å². The first kappa shape index (κ1) is 25.5. The van der Waals surface area contributed by atoms with E-state index in [1.54, 1.807) is 18.2 Å². The van der Waals surface area contributed by atoms with Crippen molar-refractivity contribution in [2.75, 3.05) is 0 Å². The number of aliphatic hydroxyl groups excluding tert-OH is 2. The average molecular weight is 508 g/mol.